The van der Waals surface area contributed by atoms with Crippen molar-refractivity contribution in [2.75, 3.05) is 0 Å². The first kappa shape index (κ1) is 48.5. The number of hydrogen-bond donors (Lipinski definition) is 0. The lowest BCUT2D eigenvalue weighted by Crippen LogP contribution is -2.17. The summed E-state index contributed by atoms with van der Waals surface area (Å²) in [5.74, 6) is 2.34. The summed E-state index contributed by atoms with van der Waals surface area (Å²) in [6, 6.07) is 59.5. The molecule has 0 spiro atoms. The minimum absolute atomic E-state index is 0.0983. The third-order valence-electron chi connectivity index (χ3n) is 13.9. The molecule has 0 aliphatic heterocycles. The average molecular weight is 954 g/mol. The summed E-state index contributed by atoms with van der Waals surface area (Å²) in [6.45, 7) is 22.6. The van der Waals surface area contributed by atoms with Crippen LogP contribution < -0.4 is 0 Å². The minimum atomic E-state index is -0.121. The minimum Gasteiger partial charge on any atom is -0.308 e. The molecule has 362 valence electrons. The Morgan fingerprint density at radius 3 is 1.52 bits per heavy atom. The van der Waals surface area contributed by atoms with Crippen LogP contribution in [0, 0.1) is 11.3 Å². The SMILES string of the molecule is CCCCc1cc(-c2nc(-c3cc(C(C)(C)C)cc(C(C)(C)C)c3)nc(-c3ccc(-n4c5ccccc5c5cc(C#N)ccc54)c(-c4nc(-c5ccccc5)cc(-c5ccccc5)n4)c3)n2)cc(C(C)(C)C)c1. The van der Waals surface area contributed by atoms with E-state index < -0.39 is 0 Å². The third kappa shape index (κ3) is 9.95. The zero-order valence-corrected chi connectivity index (χ0v) is 43.8. The van der Waals surface area contributed by atoms with Crippen LogP contribution in [0.4, 0.5) is 0 Å². The smallest absolute Gasteiger partial charge is 0.164 e. The lowest BCUT2D eigenvalue weighted by atomic mass is 9.79. The van der Waals surface area contributed by atoms with Gasteiger partial charge in [-0.1, -0.05) is 167 Å². The van der Waals surface area contributed by atoms with Crippen molar-refractivity contribution in [3.63, 3.8) is 0 Å². The maximum absolute atomic E-state index is 10.1. The Bertz CT molecular complexity index is 3640. The van der Waals surface area contributed by atoms with Crippen molar-refractivity contribution < 1.29 is 0 Å². The Hall–Kier alpha value is -8.08. The Labute approximate surface area is 430 Å². The van der Waals surface area contributed by atoms with E-state index in [1.807, 2.05) is 54.6 Å². The second-order valence-electron chi connectivity index (χ2n) is 22.5. The predicted octanol–water partition coefficient (Wildman–Crippen LogP) is 16.9. The van der Waals surface area contributed by atoms with Crippen molar-refractivity contribution in [2.24, 2.45) is 0 Å². The molecule has 7 heteroatoms. The molecular formula is C66H63N7. The molecule has 0 atom stereocenters. The summed E-state index contributed by atoms with van der Waals surface area (Å²) in [6.07, 6.45) is 3.17. The molecule has 0 amide bonds. The number of nitriles is 1. The molecule has 0 unspecified atom stereocenters. The monoisotopic (exact) mass is 954 g/mol. The van der Waals surface area contributed by atoms with Crippen LogP contribution in [0.3, 0.4) is 0 Å². The molecule has 3 heterocycles. The first-order valence-electron chi connectivity index (χ1n) is 25.6. The number of unbranched alkanes of at least 4 members (excludes halogenated alkanes) is 1. The lowest BCUT2D eigenvalue weighted by molar-refractivity contribution is 0.569. The summed E-state index contributed by atoms with van der Waals surface area (Å²) >= 11 is 0. The van der Waals surface area contributed by atoms with Crippen molar-refractivity contribution in [1.82, 2.24) is 29.5 Å². The summed E-state index contributed by atoms with van der Waals surface area (Å²) in [4.78, 5) is 27.2. The van der Waals surface area contributed by atoms with E-state index in [9.17, 15) is 5.26 Å². The maximum atomic E-state index is 10.1. The molecular weight excluding hydrogens is 891 g/mol. The van der Waals surface area contributed by atoms with Crippen LogP contribution in [-0.2, 0) is 22.7 Å². The number of nitrogens with zero attached hydrogens (tertiary/aromatic N) is 7. The van der Waals surface area contributed by atoms with Gasteiger partial charge in [0.05, 0.1) is 39.7 Å². The molecule has 0 aliphatic rings. The molecule has 0 aliphatic carbocycles. The highest BCUT2D eigenvalue weighted by molar-refractivity contribution is 6.10. The summed E-state index contributed by atoms with van der Waals surface area (Å²) < 4.78 is 2.28. The molecule has 7 aromatic carbocycles. The summed E-state index contributed by atoms with van der Waals surface area (Å²) in [5, 5.41) is 12.1. The number of hydrogen-bond acceptors (Lipinski definition) is 6. The van der Waals surface area contributed by atoms with Gasteiger partial charge in [-0.15, -0.1) is 0 Å². The van der Waals surface area contributed by atoms with Crippen LogP contribution in [0.2, 0.25) is 0 Å². The molecule has 10 aromatic rings. The predicted molar refractivity (Wildman–Crippen MR) is 302 cm³/mol. The first-order chi connectivity index (χ1) is 34.9. The summed E-state index contributed by atoms with van der Waals surface area (Å²) in [7, 11) is 0. The van der Waals surface area contributed by atoms with E-state index in [2.05, 4.69) is 189 Å². The van der Waals surface area contributed by atoms with E-state index in [1.54, 1.807) is 0 Å². The summed E-state index contributed by atoms with van der Waals surface area (Å²) in [5.41, 5.74) is 15.2. The average Bonchev–Trinajstić information content (AvgIpc) is 3.72. The quantitative estimate of drug-likeness (QED) is 0.136. The van der Waals surface area contributed by atoms with Gasteiger partial charge in [0.2, 0.25) is 0 Å². The fourth-order valence-electron chi connectivity index (χ4n) is 9.60. The fraction of sp³-hybridized carbons (Fsp3) is 0.242. The highest BCUT2D eigenvalue weighted by Gasteiger charge is 2.26. The first-order valence-corrected chi connectivity index (χ1v) is 25.6. The third-order valence-corrected chi connectivity index (χ3v) is 13.9. The van der Waals surface area contributed by atoms with Crippen LogP contribution in [-0.4, -0.2) is 29.5 Å². The Morgan fingerprint density at radius 2 is 0.959 bits per heavy atom. The van der Waals surface area contributed by atoms with E-state index in [0.29, 0.717) is 28.9 Å². The van der Waals surface area contributed by atoms with Crippen LogP contribution in [0.25, 0.3) is 95.6 Å². The largest absolute Gasteiger partial charge is 0.308 e. The Morgan fingerprint density at radius 1 is 0.438 bits per heavy atom. The number of aryl methyl sites for hydroxylation is 1. The van der Waals surface area contributed by atoms with Gasteiger partial charge >= 0.3 is 0 Å². The molecule has 3 aromatic heterocycles. The highest BCUT2D eigenvalue weighted by atomic mass is 15.0. The van der Waals surface area contributed by atoms with Crippen LogP contribution in [0.5, 0.6) is 0 Å². The molecule has 0 saturated carbocycles. The molecule has 0 N–H and O–H groups in total. The van der Waals surface area contributed by atoms with Gasteiger partial charge in [-0.3, -0.25) is 0 Å². The van der Waals surface area contributed by atoms with Crippen LogP contribution >= 0.6 is 0 Å². The number of fused-ring (bicyclic) bond motifs is 3. The number of rotatable bonds is 10. The normalized spacial score (nSPS) is 12.1. The van der Waals surface area contributed by atoms with Crippen molar-refractivity contribution in [3.05, 3.63) is 192 Å². The molecule has 0 bridgehead atoms. The topological polar surface area (TPSA) is 93.2 Å². The van der Waals surface area contributed by atoms with Gasteiger partial charge in [0.15, 0.2) is 23.3 Å². The van der Waals surface area contributed by atoms with Gasteiger partial charge in [0.1, 0.15) is 0 Å². The van der Waals surface area contributed by atoms with Gasteiger partial charge in [0.25, 0.3) is 0 Å². The zero-order valence-electron chi connectivity index (χ0n) is 43.8. The number of benzene rings is 7. The van der Waals surface area contributed by atoms with E-state index in [-0.39, 0.29) is 16.2 Å². The van der Waals surface area contributed by atoms with Crippen LogP contribution in [0.1, 0.15) is 110 Å². The molecule has 10 rings (SSSR count). The second kappa shape index (κ2) is 19.2. The number of aromatic nitrogens is 6. The highest BCUT2D eigenvalue weighted by Crippen LogP contribution is 2.40. The van der Waals surface area contributed by atoms with Gasteiger partial charge < -0.3 is 4.57 Å². The van der Waals surface area contributed by atoms with Crippen molar-refractivity contribution in [2.45, 2.75) is 105 Å². The van der Waals surface area contributed by atoms with Gasteiger partial charge in [-0.05, 0) is 124 Å². The van der Waals surface area contributed by atoms with Crippen molar-refractivity contribution >= 4 is 21.8 Å². The fourth-order valence-corrected chi connectivity index (χ4v) is 9.60. The Balaban J connectivity index is 1.29. The maximum Gasteiger partial charge on any atom is 0.164 e. The molecule has 0 radical (unpaired) electrons. The van der Waals surface area contributed by atoms with Crippen molar-refractivity contribution in [1.29, 1.82) is 5.26 Å². The molecule has 73 heavy (non-hydrogen) atoms. The van der Waals surface area contributed by atoms with E-state index in [4.69, 9.17) is 24.9 Å². The van der Waals surface area contributed by atoms with Crippen LogP contribution in [0.15, 0.2) is 164 Å². The van der Waals surface area contributed by atoms with Gasteiger partial charge in [-0.2, -0.15) is 5.26 Å². The van der Waals surface area contributed by atoms with Crippen molar-refractivity contribution in [3.8, 4) is 79.8 Å². The molecule has 7 nitrogen and oxygen atoms in total. The Kier molecular flexibility index (Phi) is 12.7. The van der Waals surface area contributed by atoms with Gasteiger partial charge in [-0.25, -0.2) is 24.9 Å². The van der Waals surface area contributed by atoms with E-state index in [1.165, 1.54) is 22.3 Å². The number of para-hydroxylation sites is 1. The second-order valence-corrected chi connectivity index (χ2v) is 22.5. The molecule has 0 fully saturated rings. The zero-order chi connectivity index (χ0) is 51.2. The molecule has 0 saturated heterocycles. The van der Waals surface area contributed by atoms with Gasteiger partial charge in [0, 0.05) is 44.2 Å². The lowest BCUT2D eigenvalue weighted by Gasteiger charge is -2.26. The van der Waals surface area contributed by atoms with E-state index >= 15 is 0 Å². The van der Waals surface area contributed by atoms with E-state index in [0.717, 1.165) is 91.5 Å². The standard InChI is InChI=1S/C66H63N7/c1-11-12-21-42-32-47(35-49(33-42)64(2,3)4)61-70-60(71-62(72-61)48-36-50(65(5,6)7)39-51(37-48)66(8,9)10)46-29-31-59(73-57-27-20-19-26-52(57)53-34-43(41-67)28-30-58(53)73)54(38-46)63-68-55(44-22-15-13-16-23-44)40-56(69-63)45-24-17-14-18-25-45/h13-20,22-40H,11-12,21H2,1-10H3.